The zero-order chi connectivity index (χ0) is 16.4. The van der Waals surface area contributed by atoms with Crippen molar-refractivity contribution in [2.45, 2.75) is 24.5 Å². The van der Waals surface area contributed by atoms with Crippen LogP contribution in [-0.2, 0) is 19.5 Å². The van der Waals surface area contributed by atoms with E-state index in [2.05, 4.69) is 4.40 Å². The summed E-state index contributed by atoms with van der Waals surface area (Å²) in [6.07, 6.45) is 3.27. The van der Waals surface area contributed by atoms with E-state index in [9.17, 15) is 8.42 Å². The van der Waals surface area contributed by atoms with E-state index < -0.39 is 15.8 Å². The number of rotatable bonds is 4. The third-order valence-electron chi connectivity index (χ3n) is 3.80. The van der Waals surface area contributed by atoms with Crippen molar-refractivity contribution < 1.29 is 17.9 Å². The fourth-order valence-corrected chi connectivity index (χ4v) is 3.35. The maximum Gasteiger partial charge on any atom is 0.282 e. The molecule has 118 valence electrons. The predicted molar refractivity (Wildman–Crippen MR) is 85.3 cm³/mol. The number of sulfonamides is 1. The van der Waals surface area contributed by atoms with Crippen molar-refractivity contribution in [2.75, 3.05) is 14.2 Å². The third kappa shape index (κ3) is 2.90. The molecular formula is C16H19NO4S. The SMILES string of the molecule is COC1(OC)C=C/C(=N\S(=O)(=O)c2ccccc2)C(C)=C1C. The van der Waals surface area contributed by atoms with E-state index in [1.54, 1.807) is 37.3 Å². The average molecular weight is 321 g/mol. The van der Waals surface area contributed by atoms with Crippen LogP contribution in [0.1, 0.15) is 13.8 Å². The summed E-state index contributed by atoms with van der Waals surface area (Å²) in [6.45, 7) is 3.63. The summed E-state index contributed by atoms with van der Waals surface area (Å²) in [6, 6.07) is 8.13. The standard InChI is InChI=1S/C16H19NO4S/c1-12-13(2)16(20-3,21-4)11-10-15(12)17-22(18,19)14-8-6-5-7-9-14/h5-11H,1-4H3/b17-15+. The van der Waals surface area contributed by atoms with Gasteiger partial charge < -0.3 is 9.47 Å². The number of hydrogen-bond donors (Lipinski definition) is 0. The molecule has 0 bridgehead atoms. The lowest BCUT2D eigenvalue weighted by molar-refractivity contribution is -0.142. The zero-order valence-electron chi connectivity index (χ0n) is 13.0. The second-order valence-electron chi connectivity index (χ2n) is 4.92. The van der Waals surface area contributed by atoms with Gasteiger partial charge in [0.15, 0.2) is 0 Å². The number of methoxy groups -OCH3 is 2. The Kier molecular flexibility index (Phi) is 4.65. The zero-order valence-corrected chi connectivity index (χ0v) is 13.8. The fourth-order valence-electron chi connectivity index (χ4n) is 2.29. The summed E-state index contributed by atoms with van der Waals surface area (Å²) in [4.78, 5) is 0.164. The molecule has 6 heteroatoms. The van der Waals surface area contributed by atoms with Crippen LogP contribution in [0.15, 0.2) is 62.9 Å². The summed E-state index contributed by atoms with van der Waals surface area (Å²) >= 11 is 0. The average Bonchev–Trinajstić information content (AvgIpc) is 2.54. The third-order valence-corrected chi connectivity index (χ3v) is 5.10. The van der Waals surface area contributed by atoms with Crippen LogP contribution in [0.4, 0.5) is 0 Å². The van der Waals surface area contributed by atoms with Gasteiger partial charge in [-0.15, -0.1) is 0 Å². The highest BCUT2D eigenvalue weighted by atomic mass is 32.2. The van der Waals surface area contributed by atoms with E-state index in [0.29, 0.717) is 11.3 Å². The monoisotopic (exact) mass is 321 g/mol. The molecule has 0 spiro atoms. The highest BCUT2D eigenvalue weighted by Crippen LogP contribution is 2.31. The molecule has 0 radical (unpaired) electrons. The van der Waals surface area contributed by atoms with Gasteiger partial charge in [0.25, 0.3) is 10.0 Å². The van der Waals surface area contributed by atoms with Crippen molar-refractivity contribution in [3.8, 4) is 0 Å². The molecule has 1 aromatic carbocycles. The van der Waals surface area contributed by atoms with E-state index in [1.165, 1.54) is 26.4 Å². The Hall–Kier alpha value is -1.76. The Morgan fingerprint density at radius 1 is 1.05 bits per heavy atom. The van der Waals surface area contributed by atoms with Gasteiger partial charge in [-0.25, -0.2) is 0 Å². The Balaban J connectivity index is 2.48. The normalized spacial score (nSPS) is 19.7. The molecule has 1 aromatic rings. The minimum absolute atomic E-state index is 0.164. The van der Waals surface area contributed by atoms with E-state index >= 15 is 0 Å². The Labute approximate surface area is 131 Å². The van der Waals surface area contributed by atoms with E-state index in [1.807, 2.05) is 6.92 Å². The highest BCUT2D eigenvalue weighted by Gasteiger charge is 2.34. The molecule has 0 heterocycles. The maximum atomic E-state index is 12.3. The van der Waals surface area contributed by atoms with E-state index in [0.717, 1.165) is 5.57 Å². The molecule has 0 saturated carbocycles. The van der Waals surface area contributed by atoms with Crippen LogP contribution in [0.5, 0.6) is 0 Å². The quantitative estimate of drug-likeness (QED) is 0.800. The largest absolute Gasteiger partial charge is 0.346 e. The number of benzene rings is 1. The number of allylic oxidation sites excluding steroid dienone is 2. The molecule has 1 aliphatic carbocycles. The van der Waals surface area contributed by atoms with Crippen molar-refractivity contribution in [1.82, 2.24) is 0 Å². The van der Waals surface area contributed by atoms with Crippen LogP contribution < -0.4 is 0 Å². The van der Waals surface area contributed by atoms with Crippen LogP contribution in [0.25, 0.3) is 0 Å². The van der Waals surface area contributed by atoms with Gasteiger partial charge in [-0.05, 0) is 49.3 Å². The molecule has 0 unspecified atom stereocenters. The summed E-state index contributed by atoms with van der Waals surface area (Å²) in [5, 5.41) is 0. The van der Waals surface area contributed by atoms with Gasteiger partial charge in [0.2, 0.25) is 5.79 Å². The van der Waals surface area contributed by atoms with Crippen molar-refractivity contribution in [1.29, 1.82) is 0 Å². The lowest BCUT2D eigenvalue weighted by Gasteiger charge is -2.32. The Bertz CT molecular complexity index is 742. The molecule has 22 heavy (non-hydrogen) atoms. The van der Waals surface area contributed by atoms with Gasteiger partial charge in [0.05, 0.1) is 10.6 Å². The van der Waals surface area contributed by atoms with Gasteiger partial charge in [-0.3, -0.25) is 0 Å². The molecule has 0 amide bonds. The molecular weight excluding hydrogens is 302 g/mol. The Morgan fingerprint density at radius 2 is 1.64 bits per heavy atom. The topological polar surface area (TPSA) is 65.0 Å². The van der Waals surface area contributed by atoms with E-state index in [-0.39, 0.29) is 4.90 Å². The first kappa shape index (κ1) is 16.6. The van der Waals surface area contributed by atoms with Crippen molar-refractivity contribution >= 4 is 15.7 Å². The van der Waals surface area contributed by atoms with Crippen LogP contribution >= 0.6 is 0 Å². The summed E-state index contributed by atoms with van der Waals surface area (Å²) in [5.74, 6) is -0.973. The van der Waals surface area contributed by atoms with Crippen LogP contribution in [0.2, 0.25) is 0 Å². The van der Waals surface area contributed by atoms with Crippen LogP contribution in [0.3, 0.4) is 0 Å². The molecule has 2 rings (SSSR count). The number of nitrogens with zero attached hydrogens (tertiary/aromatic N) is 1. The summed E-state index contributed by atoms with van der Waals surface area (Å²) in [5.41, 5.74) is 1.86. The first-order valence-corrected chi connectivity index (χ1v) is 8.18. The lowest BCUT2D eigenvalue weighted by atomic mass is 9.92. The van der Waals surface area contributed by atoms with E-state index in [4.69, 9.17) is 9.47 Å². The molecule has 1 aliphatic rings. The summed E-state index contributed by atoms with van der Waals surface area (Å²) < 4.78 is 39.4. The smallest absolute Gasteiger partial charge is 0.282 e. The molecule has 0 saturated heterocycles. The van der Waals surface area contributed by atoms with Crippen LogP contribution in [0, 0.1) is 0 Å². The van der Waals surface area contributed by atoms with Gasteiger partial charge in [0.1, 0.15) is 0 Å². The summed E-state index contributed by atoms with van der Waals surface area (Å²) in [7, 11) is -0.676. The second kappa shape index (κ2) is 6.16. The molecule has 0 aliphatic heterocycles. The minimum Gasteiger partial charge on any atom is -0.346 e. The first-order valence-electron chi connectivity index (χ1n) is 6.74. The molecule has 0 N–H and O–H groups in total. The van der Waals surface area contributed by atoms with Crippen molar-refractivity contribution in [3.63, 3.8) is 0 Å². The Morgan fingerprint density at radius 3 is 2.18 bits per heavy atom. The van der Waals surface area contributed by atoms with Gasteiger partial charge in [-0.2, -0.15) is 12.8 Å². The highest BCUT2D eigenvalue weighted by molar-refractivity contribution is 7.90. The number of hydrogen-bond acceptors (Lipinski definition) is 4. The molecule has 5 nitrogen and oxygen atoms in total. The molecule has 0 aromatic heterocycles. The van der Waals surface area contributed by atoms with Crippen molar-refractivity contribution in [2.24, 2.45) is 4.40 Å². The number of ether oxygens (including phenoxy) is 2. The first-order chi connectivity index (χ1) is 10.4. The molecule has 0 fully saturated rings. The fraction of sp³-hybridized carbons (Fsp3) is 0.312. The van der Waals surface area contributed by atoms with Crippen molar-refractivity contribution in [3.05, 3.63) is 53.6 Å². The van der Waals surface area contributed by atoms with Gasteiger partial charge in [-0.1, -0.05) is 18.2 Å². The van der Waals surface area contributed by atoms with Gasteiger partial charge in [0, 0.05) is 14.2 Å². The lowest BCUT2D eigenvalue weighted by Crippen LogP contribution is -2.36. The van der Waals surface area contributed by atoms with Gasteiger partial charge >= 0.3 is 0 Å². The van der Waals surface area contributed by atoms with Crippen LogP contribution in [-0.4, -0.2) is 34.1 Å². The second-order valence-corrected chi connectivity index (χ2v) is 6.53. The predicted octanol–water partition coefficient (Wildman–Crippen LogP) is 2.71. The minimum atomic E-state index is -3.75. The maximum absolute atomic E-state index is 12.3. The molecule has 0 atom stereocenters.